The topological polar surface area (TPSA) is 314 Å². The van der Waals surface area contributed by atoms with E-state index >= 15 is 0 Å². The molecule has 603 valence electrons. The van der Waals surface area contributed by atoms with Gasteiger partial charge in [-0.25, -0.2) is 33.2 Å². The van der Waals surface area contributed by atoms with Gasteiger partial charge in [0.2, 0.25) is 0 Å². The van der Waals surface area contributed by atoms with E-state index in [9.17, 15) is 32.8 Å². The van der Waals surface area contributed by atoms with Gasteiger partial charge in [-0.15, -0.1) is 73.0 Å². The Morgan fingerprint density at radius 2 is 0.713 bits per heavy atom. The van der Waals surface area contributed by atoms with E-state index in [1.807, 2.05) is 73.7 Å². The van der Waals surface area contributed by atoms with Crippen molar-refractivity contribution >= 4 is 11.8 Å². The number of allylic oxidation sites excluding steroid dienone is 1. The molecule has 5 aromatic heterocycles. The molecule has 5 heterocycles. The second-order valence-corrected chi connectivity index (χ2v) is 24.3. The minimum Gasteiger partial charge on any atom is -0.516 e. The largest absolute Gasteiger partial charge is 0.516 e. The summed E-state index contributed by atoms with van der Waals surface area (Å²) in [6, 6.07) is 72.7. The first kappa shape index (κ1) is 100. The van der Waals surface area contributed by atoms with Gasteiger partial charge in [-0.3, -0.25) is 4.39 Å². The number of nitrogens with zero attached hydrogens (tertiary/aromatic N) is 21. The van der Waals surface area contributed by atoms with Crippen molar-refractivity contribution < 1.29 is 196 Å². The normalized spacial score (nSPS) is 10.1. The second kappa shape index (κ2) is 50.0. The summed E-state index contributed by atoms with van der Waals surface area (Å²) in [5.41, 5.74) is 6.40. The van der Waals surface area contributed by atoms with Crippen molar-refractivity contribution in [2.75, 3.05) is 0 Å². The summed E-state index contributed by atoms with van der Waals surface area (Å²) in [7, 11) is 7.60. The molecule has 15 aromatic rings. The number of benzene rings is 10. The average molecular weight is 2010 g/mol. The van der Waals surface area contributed by atoms with Crippen molar-refractivity contribution in [1.29, 1.82) is 0 Å². The van der Waals surface area contributed by atoms with Crippen molar-refractivity contribution in [2.24, 2.45) is 35.2 Å². The fourth-order valence-electron chi connectivity index (χ4n) is 10.9. The van der Waals surface area contributed by atoms with Crippen molar-refractivity contribution in [3.05, 3.63) is 363 Å². The molecule has 0 aliphatic rings. The van der Waals surface area contributed by atoms with Crippen LogP contribution in [0, 0.1) is 72.7 Å². The van der Waals surface area contributed by atoms with Crippen LogP contribution in [0.2, 0.25) is 0 Å². The molecule has 0 aliphatic heterocycles. The number of ether oxygens (including phenoxy) is 5. The predicted molar refractivity (Wildman–Crippen MR) is 422 cm³/mol. The molecule has 38 heteroatoms. The van der Waals surface area contributed by atoms with Crippen molar-refractivity contribution in [3.63, 3.8) is 0 Å². The number of rotatable bonds is 21. The number of hydrogen-bond acceptors (Lipinski definition) is 20. The minimum atomic E-state index is -0.609. The van der Waals surface area contributed by atoms with Gasteiger partial charge in [0.1, 0.15) is 38.9 Å². The summed E-state index contributed by atoms with van der Waals surface area (Å²) < 4.78 is 67.7. The van der Waals surface area contributed by atoms with E-state index in [0.29, 0.717) is 69.0 Å². The predicted octanol–water partition coefficient (Wildman–Crippen LogP) is 8.93. The Hall–Kier alpha value is -10.7. The van der Waals surface area contributed by atoms with Gasteiger partial charge in [0.15, 0.2) is 5.69 Å². The summed E-state index contributed by atoms with van der Waals surface area (Å²) in [6.07, 6.45) is 9.49. The first-order valence-electron chi connectivity index (χ1n) is 35.1. The van der Waals surface area contributed by atoms with Gasteiger partial charge in [0.05, 0.1) is 40.6 Å². The van der Waals surface area contributed by atoms with E-state index in [-0.39, 0.29) is 230 Å². The van der Waals surface area contributed by atoms with Crippen LogP contribution >= 0.6 is 0 Å². The second-order valence-electron chi connectivity index (χ2n) is 24.3. The summed E-state index contributed by atoms with van der Waals surface area (Å²) >= 11 is 0. The molecule has 31 nitrogen and oxygen atoms in total. The smallest absolute Gasteiger partial charge is 0.368 e. The first-order chi connectivity index (χ1) is 56.9. The Kier molecular flexibility index (Phi) is 41.0. The third-order valence-electron chi connectivity index (χ3n) is 16.8. The molecule has 122 heavy (non-hydrogen) atoms. The molecule has 5 radical (unpaired) electrons. The third-order valence-corrected chi connectivity index (χ3v) is 16.8. The summed E-state index contributed by atoms with van der Waals surface area (Å²) in [6.45, 7) is 11.7. The molecule has 0 spiro atoms. The average Bonchev–Trinajstić information content (AvgIpc) is 1.64. The van der Waals surface area contributed by atoms with E-state index in [1.54, 1.807) is 136 Å². The molecule has 0 N–H and O–H groups in total. The number of hydrogen-bond donors (Lipinski definition) is 0. The van der Waals surface area contributed by atoms with E-state index in [2.05, 4.69) is 105 Å². The fraction of sp³-hybridized carbons (Fsp3) is 0.143. The van der Waals surface area contributed by atoms with Crippen LogP contribution in [0.5, 0.6) is 28.7 Å². The Labute approximate surface area is 823 Å². The molecule has 0 saturated carbocycles. The molecule has 0 unspecified atom stereocenters. The van der Waals surface area contributed by atoms with E-state index in [0.717, 1.165) is 57.5 Å². The molecular weight excluding hydrogens is 1950 g/mol. The van der Waals surface area contributed by atoms with Crippen LogP contribution in [0.4, 0.5) is 14.5 Å². The molecule has 0 bridgehead atoms. The monoisotopic (exact) mass is 2010 g/mol. The van der Waals surface area contributed by atoms with Gasteiger partial charge in [-0.1, -0.05) is 66.5 Å². The van der Waals surface area contributed by atoms with Crippen LogP contribution in [0.3, 0.4) is 0 Å². The fourth-order valence-corrected chi connectivity index (χ4v) is 10.9. The number of aromatic nitrogens is 20. The molecule has 0 saturated heterocycles. The van der Waals surface area contributed by atoms with E-state index in [1.165, 1.54) is 74.9 Å². The zero-order valence-electron chi connectivity index (χ0n) is 66.5. The number of terminal acetylenes is 1. The van der Waals surface area contributed by atoms with Crippen LogP contribution in [0.15, 0.2) is 236 Å². The SMILES string of the molecule is C#Cc1cccc(-n2nnn(C)c2=O)c1COc1cc[c-]cc1.C/C=C/c1cccc(-n2nnn(C)c2=O)c1COc1cc[c-]cc1.CC#Cc1cccc(-n2nnn(C)c2=O)c1COc1cc[c-]cc1.Cn1nnn(-c2cccc(F)c2COc2cc[c-]cc2F)c1=O.[C-]#[N+]c1cccc(-n2nnn(C)c2=O)c1COc1cc[c-]cc1.[Y].[Y].[Y].[Y].[Y]. The van der Waals surface area contributed by atoms with Gasteiger partial charge in [0, 0.05) is 267 Å². The van der Waals surface area contributed by atoms with E-state index in [4.69, 9.17) is 36.7 Å². The Morgan fingerprint density at radius 1 is 0.393 bits per heavy atom. The summed E-state index contributed by atoms with van der Waals surface area (Å²) in [5, 5.41) is 37.8. The van der Waals surface area contributed by atoms with Crippen molar-refractivity contribution in [1.82, 2.24) is 99.0 Å². The number of halogens is 2. The van der Waals surface area contributed by atoms with Crippen LogP contribution in [-0.2, 0) is 232 Å². The Morgan fingerprint density at radius 3 is 1.07 bits per heavy atom. The van der Waals surface area contributed by atoms with Crippen molar-refractivity contribution in [3.8, 4) is 81.4 Å². The first-order valence-corrected chi connectivity index (χ1v) is 35.1. The molecule has 0 fully saturated rings. The zero-order valence-corrected chi connectivity index (χ0v) is 80.7. The third kappa shape index (κ3) is 25.9. The van der Waals surface area contributed by atoms with Crippen molar-refractivity contribution in [2.45, 2.75) is 46.9 Å². The van der Waals surface area contributed by atoms with Gasteiger partial charge < -0.3 is 23.7 Å². The van der Waals surface area contributed by atoms with Crippen LogP contribution in [-0.4, -0.2) is 99.0 Å². The van der Waals surface area contributed by atoms with Gasteiger partial charge in [0.25, 0.3) is 0 Å². The van der Waals surface area contributed by atoms with Crippen LogP contribution in [0.1, 0.15) is 58.4 Å². The molecule has 0 amide bonds. The zero-order chi connectivity index (χ0) is 82.7. The van der Waals surface area contributed by atoms with Gasteiger partial charge in [-0.05, 0) is 120 Å². The van der Waals surface area contributed by atoms with E-state index < -0.39 is 17.3 Å². The standard InChI is InChI=1S/C18H17N4O2.C18H15N4O2.C17H13N4O2.C16H12N5O2.C15H11F2N4O2.5Y/c2*1-3-8-14-9-7-12-17(22-18(23)21(2)19-20-22)16(14)13-24-15-10-5-4-6-11-15;1-3-13-8-7-11-16(21-17(22)20(2)18-19-21)15(13)12-23-14-9-5-4-6-10-14;1-17-14-9-6-10-15(21-16(22)20(2)18-19-21)13(14)11-23-12-7-4-3-5-8-12;1-20-15(22)21(19-18-20)13-7-4-6-11(16)10(13)9-23-14-8-3-2-5-12(14)17;;;;;/h3,5-12H,13H2,1-2H3;5-7,9-12H,13H2,1-2H3;1,5-11H,12H2,2H3;4-10H,11H2,2H3;3-8H,9H2,1H3;;;;;/q5*-1;;;;;/b8-3+;;;;;;;;;. The number of aryl methyl sites for hydroxylation is 5. The Balaban J connectivity index is 0.000000234. The maximum atomic E-state index is 14.1. The molecule has 10 aromatic carbocycles. The summed E-state index contributed by atoms with van der Waals surface area (Å²) in [5.74, 6) is 10.1. The van der Waals surface area contributed by atoms with Gasteiger partial charge >= 0.3 is 28.4 Å². The van der Waals surface area contributed by atoms with Crippen LogP contribution < -0.4 is 52.1 Å². The molecule has 0 aliphatic carbocycles. The Bertz CT molecular complexity index is 6300. The van der Waals surface area contributed by atoms with Gasteiger partial charge in [-0.2, -0.15) is 132 Å². The summed E-state index contributed by atoms with van der Waals surface area (Å²) in [4.78, 5) is 64.0. The molecular formula is C84H68F2N21O10Y5-5. The number of tetrazole rings is 5. The minimum absolute atomic E-state index is 0. The molecule has 15 rings (SSSR count). The maximum Gasteiger partial charge on any atom is 0.368 e. The maximum absolute atomic E-state index is 14.1. The molecule has 0 atom stereocenters. The van der Waals surface area contributed by atoms with Crippen LogP contribution in [0.25, 0.3) is 39.4 Å². The quantitative estimate of drug-likeness (QED) is 0.0478.